The summed E-state index contributed by atoms with van der Waals surface area (Å²) >= 11 is 0. The lowest BCUT2D eigenvalue weighted by Gasteiger charge is -2.47. The second-order valence-electron chi connectivity index (χ2n) is 21.1. The third kappa shape index (κ3) is 31.3. The summed E-state index contributed by atoms with van der Waals surface area (Å²) in [7, 11) is -11.1. The molecule has 2 amide bonds. The minimum atomic E-state index is -5.59. The minimum Gasteiger partial charge on any atom is -0.457 e. The monoisotopic (exact) mass is 1180 g/mol. The highest BCUT2D eigenvalue weighted by Gasteiger charge is 2.54. The molecule has 0 bridgehead atoms. The molecule has 12 N–H and O–H groups in total. The maximum absolute atomic E-state index is 13.8. The molecule has 79 heavy (non-hydrogen) atoms. The summed E-state index contributed by atoms with van der Waals surface area (Å²) < 4.78 is 64.3. The quantitative estimate of drug-likeness (QED) is 0.0225. The first-order chi connectivity index (χ1) is 37.4. The van der Waals surface area contributed by atoms with Crippen molar-refractivity contribution in [1.29, 1.82) is 0 Å². The van der Waals surface area contributed by atoms with Crippen molar-refractivity contribution in [1.82, 2.24) is 10.6 Å². The Labute approximate surface area is 466 Å². The van der Waals surface area contributed by atoms with Gasteiger partial charge in [-0.05, 0) is 25.7 Å². The summed E-state index contributed by atoms with van der Waals surface area (Å²) in [5.41, 5.74) is 0. The zero-order chi connectivity index (χ0) is 59.0. The number of phosphoric acid groups is 2. The Morgan fingerprint density at radius 2 is 0.835 bits per heavy atom. The van der Waals surface area contributed by atoms with E-state index in [1.807, 2.05) is 27.7 Å². The summed E-state index contributed by atoms with van der Waals surface area (Å²) in [6.45, 7) is 6.10. The second kappa shape index (κ2) is 40.1. The molecule has 2 saturated heterocycles. The number of rotatable bonds is 44. The molecule has 0 aliphatic carbocycles. The summed E-state index contributed by atoms with van der Waals surface area (Å²) in [6.07, 6.45) is -5.50. The number of ether oxygens (including phenoxy) is 5. The van der Waals surface area contributed by atoms with Crippen LogP contribution in [0.2, 0.25) is 0 Å². The first-order valence-corrected chi connectivity index (χ1v) is 31.9. The molecule has 2 heterocycles. The largest absolute Gasteiger partial charge is 0.472 e. The van der Waals surface area contributed by atoms with Crippen molar-refractivity contribution in [3.63, 3.8) is 0 Å². The van der Waals surface area contributed by atoms with Gasteiger partial charge in [-0.1, -0.05) is 156 Å². The molecule has 0 spiro atoms. The summed E-state index contributed by atoms with van der Waals surface area (Å²) in [5.74, 6) is -4.06. The number of amides is 2. The Balaban J connectivity index is 2.62. The molecule has 0 radical (unpaired) electrons. The van der Waals surface area contributed by atoms with Crippen LogP contribution >= 0.6 is 15.6 Å². The smallest absolute Gasteiger partial charge is 0.457 e. The Bertz CT molecular complexity index is 1790. The van der Waals surface area contributed by atoms with E-state index in [4.69, 9.17) is 32.7 Å². The van der Waals surface area contributed by atoms with E-state index in [1.54, 1.807) is 0 Å². The van der Waals surface area contributed by atoms with Gasteiger partial charge in [0.15, 0.2) is 24.8 Å². The third-order valence-corrected chi connectivity index (χ3v) is 14.8. The van der Waals surface area contributed by atoms with Crippen LogP contribution in [0.1, 0.15) is 207 Å². The third-order valence-electron chi connectivity index (χ3n) is 13.8. The number of esters is 2. The van der Waals surface area contributed by atoms with E-state index in [2.05, 4.69) is 10.6 Å². The Morgan fingerprint density at radius 3 is 1.22 bits per heavy atom. The fraction of sp³-hybridized carbons (Fsp3) is 0.923. The number of carbonyl (C=O) groups excluding carboxylic acids is 4. The number of aliphatic hydroxyl groups excluding tert-OH is 6. The van der Waals surface area contributed by atoms with Crippen LogP contribution in [-0.2, 0) is 61.0 Å². The number of carbonyl (C=O) groups is 4. The molecule has 0 aromatic heterocycles. The van der Waals surface area contributed by atoms with Crippen LogP contribution in [0.15, 0.2) is 0 Å². The minimum absolute atomic E-state index is 0.189. The van der Waals surface area contributed by atoms with Crippen LogP contribution in [-0.4, -0.2) is 173 Å². The standard InChI is InChI=1S/C52H98N2O23P2/c1-5-9-13-17-21-25-35(56)29-41(60)53-45-49(74-43(62)31-37(58)27-23-19-15-11-7-3)47(64)40(73-52(45)77-79(68,69)70)34-71-51-46(54-42(61)30-36(57)26-22-18-14-10-6-2)50(48(39(33-55)72-51)76-78(65,66)67)75-44(63)32-38(59)28-24-20-16-12-8-4/h35-40,45-52,55-59,64H,5-34H2,1-4H3,(H,53,60)(H,54,61)(H2,65,66,67)(H2,68,69,70)/t35-,36-,37-,38-,39-,40-,45-,46-,47-,48-,49-,50-,51-,52-/m1/s1. The highest BCUT2D eigenvalue weighted by atomic mass is 31.2. The molecule has 2 fully saturated rings. The number of hydrogen-bond donors (Lipinski definition) is 12. The van der Waals surface area contributed by atoms with Gasteiger partial charge in [0.1, 0.15) is 36.5 Å². The normalized spacial score (nSPS) is 25.2. The van der Waals surface area contributed by atoms with E-state index in [0.717, 1.165) is 103 Å². The van der Waals surface area contributed by atoms with Gasteiger partial charge in [0.05, 0.1) is 63.3 Å². The predicted octanol–water partition coefficient (Wildman–Crippen LogP) is 4.63. The zero-order valence-electron chi connectivity index (χ0n) is 47.0. The van der Waals surface area contributed by atoms with Gasteiger partial charge in [-0.15, -0.1) is 0 Å². The number of unbranched alkanes of at least 4 members (excludes halogenated alkanes) is 16. The molecule has 2 rings (SSSR count). The first-order valence-electron chi connectivity index (χ1n) is 28.8. The average Bonchev–Trinajstić information content (AvgIpc) is 3.38. The molecule has 2 aliphatic heterocycles. The lowest BCUT2D eigenvalue weighted by molar-refractivity contribution is -0.296. The topological polar surface area (TPSA) is 393 Å². The van der Waals surface area contributed by atoms with E-state index in [-0.39, 0.29) is 25.7 Å². The van der Waals surface area contributed by atoms with E-state index < -0.39 is 164 Å². The Hall–Kier alpha value is -2.26. The van der Waals surface area contributed by atoms with E-state index >= 15 is 0 Å². The summed E-state index contributed by atoms with van der Waals surface area (Å²) in [5, 5.41) is 70.7. The molecule has 0 aromatic carbocycles. The van der Waals surface area contributed by atoms with Gasteiger partial charge in [0.2, 0.25) is 11.8 Å². The molecular formula is C52H98N2O23P2. The first kappa shape index (κ1) is 72.8. The molecular weight excluding hydrogens is 1080 g/mol. The highest BCUT2D eigenvalue weighted by molar-refractivity contribution is 7.46. The lowest BCUT2D eigenvalue weighted by Crippen LogP contribution is -2.68. The van der Waals surface area contributed by atoms with Gasteiger partial charge < -0.3 is 84.5 Å². The van der Waals surface area contributed by atoms with Gasteiger partial charge in [0.25, 0.3) is 0 Å². The maximum atomic E-state index is 13.8. The summed E-state index contributed by atoms with van der Waals surface area (Å²) in [6, 6.07) is -3.74. The van der Waals surface area contributed by atoms with Crippen molar-refractivity contribution < 1.29 is 111 Å². The van der Waals surface area contributed by atoms with Crippen molar-refractivity contribution in [2.75, 3.05) is 13.2 Å². The number of hydrogen-bond acceptors (Lipinski definition) is 19. The van der Waals surface area contributed by atoms with Crippen LogP contribution < -0.4 is 10.6 Å². The SMILES string of the molecule is CCCCCCC[C@@H](O)CC(=O)N[C@H]1[C@H](OC[C@H]2O[C@H](OP(=O)(O)O)[C@H](NC(=O)C[C@H](O)CCCCCCC)[C@@H](OC(=O)C[C@H](O)CCCCCCC)[C@@H]2O)O[C@H](CO)[C@@H](OP(=O)(O)O)[C@@H]1OC(=O)C[C@H](O)CCCCCCC. The molecule has 0 aromatic rings. The number of nitrogens with one attached hydrogen (secondary N) is 2. The molecule has 25 nitrogen and oxygen atoms in total. The van der Waals surface area contributed by atoms with Gasteiger partial charge in [-0.2, -0.15) is 0 Å². The van der Waals surface area contributed by atoms with Crippen molar-refractivity contribution >= 4 is 39.4 Å². The fourth-order valence-corrected chi connectivity index (χ4v) is 10.6. The molecule has 464 valence electrons. The molecule has 0 unspecified atom stereocenters. The zero-order valence-corrected chi connectivity index (χ0v) is 48.8. The van der Waals surface area contributed by atoms with Crippen LogP contribution in [0.3, 0.4) is 0 Å². The average molecular weight is 1180 g/mol. The van der Waals surface area contributed by atoms with Crippen molar-refractivity contribution in [3.05, 3.63) is 0 Å². The second-order valence-corrected chi connectivity index (χ2v) is 23.5. The van der Waals surface area contributed by atoms with Gasteiger partial charge in [-0.25, -0.2) is 9.13 Å². The Kier molecular flexibility index (Phi) is 37.0. The Morgan fingerprint density at radius 1 is 0.481 bits per heavy atom. The van der Waals surface area contributed by atoms with Gasteiger partial charge in [-0.3, -0.25) is 28.2 Å². The predicted molar refractivity (Wildman–Crippen MR) is 286 cm³/mol. The van der Waals surface area contributed by atoms with Crippen LogP contribution in [0.25, 0.3) is 0 Å². The highest BCUT2D eigenvalue weighted by Crippen LogP contribution is 2.44. The van der Waals surface area contributed by atoms with Crippen LogP contribution in [0.5, 0.6) is 0 Å². The van der Waals surface area contributed by atoms with Crippen LogP contribution in [0, 0.1) is 0 Å². The van der Waals surface area contributed by atoms with Crippen molar-refractivity contribution in [3.8, 4) is 0 Å². The fourth-order valence-electron chi connectivity index (χ4n) is 9.58. The molecule has 27 heteroatoms. The number of phosphoric ester groups is 2. The summed E-state index contributed by atoms with van der Waals surface area (Å²) in [4.78, 5) is 94.8. The van der Waals surface area contributed by atoms with Crippen molar-refractivity contribution in [2.24, 2.45) is 0 Å². The maximum Gasteiger partial charge on any atom is 0.472 e. The van der Waals surface area contributed by atoms with Gasteiger partial charge in [0, 0.05) is 0 Å². The molecule has 2 aliphatic rings. The van der Waals surface area contributed by atoms with E-state index in [0.29, 0.717) is 25.7 Å². The van der Waals surface area contributed by atoms with Gasteiger partial charge >= 0.3 is 27.6 Å². The lowest BCUT2D eigenvalue weighted by atomic mass is 9.95. The molecule has 0 saturated carbocycles. The van der Waals surface area contributed by atoms with Crippen molar-refractivity contribution in [2.45, 2.75) is 293 Å². The number of aliphatic hydroxyl groups is 6. The van der Waals surface area contributed by atoms with Crippen LogP contribution in [0.4, 0.5) is 0 Å². The molecule has 14 atom stereocenters. The van der Waals surface area contributed by atoms with E-state index in [9.17, 15) is 78.5 Å². The van der Waals surface area contributed by atoms with E-state index in [1.165, 1.54) is 0 Å².